The lowest BCUT2D eigenvalue weighted by Crippen LogP contribution is -2.20. The van der Waals surface area contributed by atoms with E-state index in [2.05, 4.69) is 43.1 Å². The fraction of sp³-hybridized carbons (Fsp3) is 0.294. The fourth-order valence-electron chi connectivity index (χ4n) is 2.40. The molecule has 0 fully saturated rings. The molecule has 21 heavy (non-hydrogen) atoms. The van der Waals surface area contributed by atoms with Crippen LogP contribution >= 0.6 is 11.3 Å². The summed E-state index contributed by atoms with van der Waals surface area (Å²) < 4.78 is 1.68. The van der Waals surface area contributed by atoms with Crippen LogP contribution in [0.5, 0.6) is 0 Å². The summed E-state index contributed by atoms with van der Waals surface area (Å²) >= 11 is 1.56. The van der Waals surface area contributed by atoms with Crippen molar-refractivity contribution in [2.24, 2.45) is 0 Å². The number of aromatic nitrogens is 2. The van der Waals surface area contributed by atoms with E-state index in [9.17, 15) is 4.79 Å². The summed E-state index contributed by atoms with van der Waals surface area (Å²) in [6.45, 7) is 6.92. The molecule has 0 aliphatic heterocycles. The second-order valence-electron chi connectivity index (χ2n) is 5.65. The van der Waals surface area contributed by atoms with E-state index in [1.54, 1.807) is 22.2 Å². The number of aryl methyl sites for hydroxylation is 1. The molecule has 2 aromatic heterocycles. The largest absolute Gasteiger partial charge is 0.294 e. The zero-order valence-corrected chi connectivity index (χ0v) is 13.3. The molecule has 4 heteroatoms. The van der Waals surface area contributed by atoms with Gasteiger partial charge in [0, 0.05) is 4.88 Å². The molecule has 2 heterocycles. The molecule has 0 saturated heterocycles. The van der Waals surface area contributed by atoms with Gasteiger partial charge in [0.15, 0.2) is 0 Å². The molecule has 0 unspecified atom stereocenters. The quantitative estimate of drug-likeness (QED) is 0.734. The van der Waals surface area contributed by atoms with E-state index >= 15 is 0 Å². The van der Waals surface area contributed by atoms with E-state index < -0.39 is 0 Å². The van der Waals surface area contributed by atoms with E-state index in [-0.39, 0.29) is 5.56 Å². The molecule has 0 bridgehead atoms. The summed E-state index contributed by atoms with van der Waals surface area (Å²) in [5.74, 6) is 0.522. The van der Waals surface area contributed by atoms with Crippen molar-refractivity contribution in [3.05, 3.63) is 63.0 Å². The minimum atomic E-state index is 0.0392. The molecule has 0 aliphatic rings. The molecule has 0 aliphatic carbocycles. The van der Waals surface area contributed by atoms with Gasteiger partial charge in [-0.1, -0.05) is 38.1 Å². The number of hydrogen-bond donors (Lipinski definition) is 0. The van der Waals surface area contributed by atoms with Crippen molar-refractivity contribution in [1.82, 2.24) is 9.55 Å². The number of nitrogens with zero attached hydrogens (tertiary/aromatic N) is 2. The Morgan fingerprint density at radius 2 is 1.95 bits per heavy atom. The van der Waals surface area contributed by atoms with Crippen molar-refractivity contribution in [2.45, 2.75) is 33.2 Å². The maximum Gasteiger partial charge on any atom is 0.262 e. The number of hydrogen-bond acceptors (Lipinski definition) is 3. The first-order valence-corrected chi connectivity index (χ1v) is 7.90. The highest BCUT2D eigenvalue weighted by Crippen LogP contribution is 2.20. The van der Waals surface area contributed by atoms with Crippen molar-refractivity contribution in [1.29, 1.82) is 0 Å². The van der Waals surface area contributed by atoms with Crippen LogP contribution in [0, 0.1) is 6.92 Å². The molecule has 3 aromatic rings. The smallest absolute Gasteiger partial charge is 0.262 e. The molecule has 0 spiro atoms. The highest BCUT2D eigenvalue weighted by Gasteiger charge is 2.07. The maximum absolute atomic E-state index is 12.5. The summed E-state index contributed by atoms with van der Waals surface area (Å²) in [7, 11) is 0. The van der Waals surface area contributed by atoms with Gasteiger partial charge in [-0.3, -0.25) is 9.36 Å². The number of thiophene rings is 1. The van der Waals surface area contributed by atoms with Gasteiger partial charge in [-0.05, 0) is 30.0 Å². The lowest BCUT2D eigenvalue weighted by molar-refractivity contribution is 0.748. The molecule has 0 atom stereocenters. The summed E-state index contributed by atoms with van der Waals surface area (Å²) in [5, 5.41) is 0.721. The van der Waals surface area contributed by atoms with Crippen molar-refractivity contribution in [2.75, 3.05) is 0 Å². The third-order valence-corrected chi connectivity index (χ3v) is 4.60. The summed E-state index contributed by atoms with van der Waals surface area (Å²) in [4.78, 5) is 18.8. The summed E-state index contributed by atoms with van der Waals surface area (Å²) in [5.41, 5.74) is 2.47. The van der Waals surface area contributed by atoms with Crippen LogP contribution < -0.4 is 5.56 Å². The average molecular weight is 298 g/mol. The van der Waals surface area contributed by atoms with Gasteiger partial charge >= 0.3 is 0 Å². The van der Waals surface area contributed by atoms with Gasteiger partial charge in [0.2, 0.25) is 0 Å². The average Bonchev–Trinajstić information content (AvgIpc) is 2.84. The van der Waals surface area contributed by atoms with Crippen LogP contribution in [0.1, 0.15) is 35.8 Å². The monoisotopic (exact) mass is 298 g/mol. The minimum absolute atomic E-state index is 0.0392. The Kier molecular flexibility index (Phi) is 3.64. The molecule has 0 amide bonds. The predicted molar refractivity (Wildman–Crippen MR) is 88.3 cm³/mol. The number of rotatable bonds is 3. The molecule has 3 rings (SSSR count). The van der Waals surface area contributed by atoms with Gasteiger partial charge in [-0.2, -0.15) is 0 Å². The van der Waals surface area contributed by atoms with Gasteiger partial charge in [0.05, 0.1) is 18.3 Å². The Bertz CT molecular complexity index is 828. The van der Waals surface area contributed by atoms with Crippen LogP contribution in [-0.4, -0.2) is 9.55 Å². The zero-order chi connectivity index (χ0) is 15.0. The Morgan fingerprint density at radius 1 is 1.24 bits per heavy atom. The van der Waals surface area contributed by atoms with Crippen LogP contribution in [0.3, 0.4) is 0 Å². The summed E-state index contributed by atoms with van der Waals surface area (Å²) in [6.07, 6.45) is 1.65. The minimum Gasteiger partial charge on any atom is -0.294 e. The molecule has 1 aromatic carbocycles. The highest BCUT2D eigenvalue weighted by atomic mass is 32.1. The van der Waals surface area contributed by atoms with E-state index in [1.165, 1.54) is 5.56 Å². The summed E-state index contributed by atoms with van der Waals surface area (Å²) in [6, 6.07) is 10.4. The van der Waals surface area contributed by atoms with Crippen molar-refractivity contribution >= 4 is 21.6 Å². The van der Waals surface area contributed by atoms with Crippen LogP contribution in [0.15, 0.2) is 41.5 Å². The Morgan fingerprint density at radius 3 is 2.62 bits per heavy atom. The molecular weight excluding hydrogens is 280 g/mol. The molecule has 0 saturated carbocycles. The second-order valence-corrected chi connectivity index (χ2v) is 6.88. The zero-order valence-electron chi connectivity index (χ0n) is 12.5. The van der Waals surface area contributed by atoms with Crippen molar-refractivity contribution in [3.8, 4) is 0 Å². The van der Waals surface area contributed by atoms with Gasteiger partial charge in [-0.25, -0.2) is 4.98 Å². The number of fused-ring (bicyclic) bond motifs is 1. The molecule has 0 radical (unpaired) electrons. The normalized spacial score (nSPS) is 11.4. The van der Waals surface area contributed by atoms with Gasteiger partial charge < -0.3 is 0 Å². The van der Waals surface area contributed by atoms with E-state index in [1.807, 2.05) is 13.0 Å². The molecular formula is C17H18N2OS. The van der Waals surface area contributed by atoms with Crippen molar-refractivity contribution < 1.29 is 0 Å². The number of benzene rings is 1. The Balaban J connectivity index is 1.94. The lowest BCUT2D eigenvalue weighted by atomic mass is 10.0. The van der Waals surface area contributed by atoms with Crippen LogP contribution in [0.2, 0.25) is 0 Å². The maximum atomic E-state index is 12.5. The second kappa shape index (κ2) is 5.45. The lowest BCUT2D eigenvalue weighted by Gasteiger charge is -2.08. The van der Waals surface area contributed by atoms with Crippen LogP contribution in [0.25, 0.3) is 10.2 Å². The Hall–Kier alpha value is -1.94. The first-order valence-electron chi connectivity index (χ1n) is 7.09. The molecule has 3 nitrogen and oxygen atoms in total. The third kappa shape index (κ3) is 2.76. The Labute approximate surface area is 127 Å². The molecule has 108 valence electrons. The van der Waals surface area contributed by atoms with Gasteiger partial charge in [-0.15, -0.1) is 11.3 Å². The van der Waals surface area contributed by atoms with Crippen LogP contribution in [-0.2, 0) is 6.54 Å². The van der Waals surface area contributed by atoms with E-state index in [0.717, 1.165) is 20.7 Å². The highest BCUT2D eigenvalue weighted by molar-refractivity contribution is 7.18. The first-order chi connectivity index (χ1) is 10.0. The molecule has 0 N–H and O–H groups in total. The fourth-order valence-corrected chi connectivity index (χ4v) is 3.24. The van der Waals surface area contributed by atoms with Crippen LogP contribution in [0.4, 0.5) is 0 Å². The van der Waals surface area contributed by atoms with E-state index in [4.69, 9.17) is 0 Å². The topological polar surface area (TPSA) is 34.9 Å². The van der Waals surface area contributed by atoms with E-state index in [0.29, 0.717) is 12.5 Å². The van der Waals surface area contributed by atoms with Gasteiger partial charge in [0.1, 0.15) is 4.83 Å². The van der Waals surface area contributed by atoms with Crippen molar-refractivity contribution in [3.63, 3.8) is 0 Å². The third-order valence-electron chi connectivity index (χ3n) is 3.64. The SMILES string of the molecule is Cc1cc2c(=O)n(Cc3ccc(C(C)C)cc3)cnc2s1. The first kappa shape index (κ1) is 14.0. The van der Waals surface area contributed by atoms with Gasteiger partial charge in [0.25, 0.3) is 5.56 Å². The standard InChI is InChI=1S/C17H18N2OS/c1-11(2)14-6-4-13(5-7-14)9-19-10-18-16-15(17(19)20)8-12(3)21-16/h4-8,10-11H,9H2,1-3H3. The predicted octanol–water partition coefficient (Wildman–Crippen LogP) is 3.94.